The van der Waals surface area contributed by atoms with Gasteiger partial charge in [0.05, 0.1) is 32.5 Å². The second-order valence-electron chi connectivity index (χ2n) is 4.48. The number of nitrogens with zero attached hydrogens (tertiary/aromatic N) is 4. The van der Waals surface area contributed by atoms with Crippen molar-refractivity contribution in [1.82, 2.24) is 20.0 Å². The molecule has 102 valence electrons. The Bertz CT molecular complexity index is 989. The van der Waals surface area contributed by atoms with Gasteiger partial charge in [0.15, 0.2) is 0 Å². The average Bonchev–Trinajstić information content (AvgIpc) is 3.12. The highest BCUT2D eigenvalue weighted by Crippen LogP contribution is 2.24. The molecule has 0 saturated heterocycles. The van der Waals surface area contributed by atoms with E-state index in [9.17, 15) is 9.90 Å². The Kier molecular flexibility index (Phi) is 2.48. The second-order valence-corrected chi connectivity index (χ2v) is 5.37. The van der Waals surface area contributed by atoms with E-state index < -0.39 is 5.97 Å². The summed E-state index contributed by atoms with van der Waals surface area (Å²) in [6.07, 6.45) is 0. The van der Waals surface area contributed by atoms with Crippen molar-refractivity contribution in [3.8, 4) is 5.69 Å². The molecule has 0 radical (unpaired) electrons. The molecule has 2 aromatic heterocycles. The van der Waals surface area contributed by atoms with Gasteiger partial charge in [-0.05, 0) is 30.3 Å². The molecule has 6 nitrogen and oxygen atoms in total. The third-order valence-corrected chi connectivity index (χ3v) is 4.06. The standard InChI is InChI=1S/C14H8N4O2S/c19-14(20)9-2-1-3-11-13(9)16-17-18(11)8-4-5-10-12(6-8)21-7-15-10/h1-7H,(H,19,20). The van der Waals surface area contributed by atoms with Crippen LogP contribution in [0.1, 0.15) is 10.4 Å². The number of carboxylic acid groups (broad SMARTS) is 1. The summed E-state index contributed by atoms with van der Waals surface area (Å²) in [6, 6.07) is 10.8. The monoisotopic (exact) mass is 296 g/mol. The highest BCUT2D eigenvalue weighted by molar-refractivity contribution is 7.16. The van der Waals surface area contributed by atoms with E-state index in [1.54, 1.807) is 33.7 Å². The van der Waals surface area contributed by atoms with Gasteiger partial charge in [-0.1, -0.05) is 11.3 Å². The molecule has 0 unspecified atom stereocenters. The number of aromatic nitrogens is 4. The van der Waals surface area contributed by atoms with Crippen LogP contribution in [0.25, 0.3) is 26.9 Å². The Morgan fingerprint density at radius 1 is 1.24 bits per heavy atom. The van der Waals surface area contributed by atoms with E-state index in [0.717, 1.165) is 15.9 Å². The van der Waals surface area contributed by atoms with E-state index in [4.69, 9.17) is 0 Å². The summed E-state index contributed by atoms with van der Waals surface area (Å²) >= 11 is 1.55. The number of carbonyl (C=O) groups is 1. The molecule has 0 aliphatic rings. The average molecular weight is 296 g/mol. The lowest BCUT2D eigenvalue weighted by molar-refractivity contribution is 0.0699. The molecule has 4 rings (SSSR count). The van der Waals surface area contributed by atoms with Crippen LogP contribution in [-0.4, -0.2) is 31.1 Å². The highest BCUT2D eigenvalue weighted by Gasteiger charge is 2.14. The summed E-state index contributed by atoms with van der Waals surface area (Å²) in [6.45, 7) is 0. The maximum absolute atomic E-state index is 11.2. The molecular weight excluding hydrogens is 288 g/mol. The van der Waals surface area contributed by atoms with Gasteiger partial charge in [0.1, 0.15) is 5.52 Å². The highest BCUT2D eigenvalue weighted by atomic mass is 32.1. The van der Waals surface area contributed by atoms with Crippen LogP contribution in [0.15, 0.2) is 41.9 Å². The van der Waals surface area contributed by atoms with Crippen molar-refractivity contribution < 1.29 is 9.90 Å². The number of benzene rings is 2. The van der Waals surface area contributed by atoms with Gasteiger partial charge >= 0.3 is 5.97 Å². The van der Waals surface area contributed by atoms with Gasteiger partial charge < -0.3 is 5.11 Å². The maximum atomic E-state index is 11.2. The molecule has 1 N–H and O–H groups in total. The molecule has 0 amide bonds. The number of hydrogen-bond acceptors (Lipinski definition) is 5. The molecule has 0 aliphatic carbocycles. The molecule has 0 spiro atoms. The summed E-state index contributed by atoms with van der Waals surface area (Å²) in [5, 5.41) is 17.3. The number of fused-ring (bicyclic) bond motifs is 2. The van der Waals surface area contributed by atoms with Crippen molar-refractivity contribution in [2.45, 2.75) is 0 Å². The van der Waals surface area contributed by atoms with Gasteiger partial charge in [0.25, 0.3) is 0 Å². The lowest BCUT2D eigenvalue weighted by Crippen LogP contribution is -1.98. The maximum Gasteiger partial charge on any atom is 0.338 e. The molecule has 2 heterocycles. The predicted molar refractivity (Wildman–Crippen MR) is 79.0 cm³/mol. The van der Waals surface area contributed by atoms with Crippen LogP contribution in [0.5, 0.6) is 0 Å². The number of aromatic carboxylic acids is 1. The fourth-order valence-electron chi connectivity index (χ4n) is 2.28. The fraction of sp³-hybridized carbons (Fsp3) is 0. The minimum absolute atomic E-state index is 0.151. The summed E-state index contributed by atoms with van der Waals surface area (Å²) < 4.78 is 2.69. The van der Waals surface area contributed by atoms with Crippen LogP contribution >= 0.6 is 11.3 Å². The molecule has 4 aromatic rings. The zero-order valence-corrected chi connectivity index (χ0v) is 11.4. The summed E-state index contributed by atoms with van der Waals surface area (Å²) in [4.78, 5) is 15.5. The Hall–Kier alpha value is -2.80. The third kappa shape index (κ3) is 1.78. The van der Waals surface area contributed by atoms with E-state index in [-0.39, 0.29) is 5.56 Å². The summed E-state index contributed by atoms with van der Waals surface area (Å²) in [5.41, 5.74) is 4.75. The van der Waals surface area contributed by atoms with Gasteiger partial charge in [0, 0.05) is 0 Å². The number of hydrogen-bond donors (Lipinski definition) is 1. The van der Waals surface area contributed by atoms with Crippen molar-refractivity contribution in [3.63, 3.8) is 0 Å². The number of rotatable bonds is 2. The molecule has 0 saturated carbocycles. The van der Waals surface area contributed by atoms with E-state index in [1.807, 2.05) is 18.2 Å². The molecule has 2 aromatic carbocycles. The summed E-state index contributed by atoms with van der Waals surface area (Å²) in [7, 11) is 0. The van der Waals surface area contributed by atoms with Gasteiger partial charge in [-0.15, -0.1) is 16.4 Å². The van der Waals surface area contributed by atoms with Crippen LogP contribution in [0, 0.1) is 0 Å². The normalized spacial score (nSPS) is 11.2. The van der Waals surface area contributed by atoms with Crippen molar-refractivity contribution in [3.05, 3.63) is 47.5 Å². The first-order chi connectivity index (χ1) is 10.2. The van der Waals surface area contributed by atoms with Crippen molar-refractivity contribution >= 4 is 38.6 Å². The first-order valence-corrected chi connectivity index (χ1v) is 7.03. The second kappa shape index (κ2) is 4.35. The van der Waals surface area contributed by atoms with Crippen LogP contribution in [0.2, 0.25) is 0 Å². The van der Waals surface area contributed by atoms with Crippen LogP contribution in [0.4, 0.5) is 0 Å². The zero-order chi connectivity index (χ0) is 14.4. The fourth-order valence-corrected chi connectivity index (χ4v) is 2.99. The molecule has 0 fully saturated rings. The smallest absolute Gasteiger partial charge is 0.338 e. The molecule has 7 heteroatoms. The van der Waals surface area contributed by atoms with Crippen LogP contribution < -0.4 is 0 Å². The van der Waals surface area contributed by atoms with Gasteiger partial charge in [0.2, 0.25) is 0 Å². The molecule has 21 heavy (non-hydrogen) atoms. The lowest BCUT2D eigenvalue weighted by Gasteiger charge is -2.02. The van der Waals surface area contributed by atoms with Crippen molar-refractivity contribution in [2.24, 2.45) is 0 Å². The van der Waals surface area contributed by atoms with Crippen LogP contribution in [-0.2, 0) is 0 Å². The van der Waals surface area contributed by atoms with Gasteiger partial charge in [-0.25, -0.2) is 14.5 Å². The quantitative estimate of drug-likeness (QED) is 0.615. The molecule has 0 aliphatic heterocycles. The van der Waals surface area contributed by atoms with Crippen LogP contribution in [0.3, 0.4) is 0 Å². The minimum atomic E-state index is -1.01. The molecule has 0 bridgehead atoms. The predicted octanol–water partition coefficient (Wildman–Crippen LogP) is 2.73. The third-order valence-electron chi connectivity index (χ3n) is 3.27. The minimum Gasteiger partial charge on any atom is -0.478 e. The SMILES string of the molecule is O=C(O)c1cccc2c1nnn2-c1ccc2ncsc2c1. The largest absolute Gasteiger partial charge is 0.478 e. The molecular formula is C14H8N4O2S. The van der Waals surface area contributed by atoms with E-state index in [2.05, 4.69) is 15.3 Å². The van der Waals surface area contributed by atoms with Crippen molar-refractivity contribution in [1.29, 1.82) is 0 Å². The Morgan fingerprint density at radius 3 is 3.00 bits per heavy atom. The van der Waals surface area contributed by atoms with Gasteiger partial charge in [-0.3, -0.25) is 0 Å². The number of carboxylic acids is 1. The first-order valence-electron chi connectivity index (χ1n) is 6.15. The van der Waals surface area contributed by atoms with Crippen molar-refractivity contribution in [2.75, 3.05) is 0 Å². The van der Waals surface area contributed by atoms with E-state index >= 15 is 0 Å². The lowest BCUT2D eigenvalue weighted by atomic mass is 10.2. The topological polar surface area (TPSA) is 80.9 Å². The van der Waals surface area contributed by atoms with E-state index in [1.165, 1.54) is 6.07 Å². The first kappa shape index (κ1) is 12.0. The Labute approximate surface area is 122 Å². The van der Waals surface area contributed by atoms with Gasteiger partial charge in [-0.2, -0.15) is 0 Å². The Morgan fingerprint density at radius 2 is 2.14 bits per heavy atom. The van der Waals surface area contributed by atoms with E-state index in [0.29, 0.717) is 11.0 Å². The number of thiazole rings is 1. The summed E-state index contributed by atoms with van der Waals surface area (Å²) in [5.74, 6) is -1.01. The Balaban J connectivity index is 1.98. The molecule has 0 atom stereocenters. The zero-order valence-electron chi connectivity index (χ0n) is 10.6.